The van der Waals surface area contributed by atoms with E-state index in [4.69, 9.17) is 16.3 Å². The number of aldehydes is 1. The van der Waals surface area contributed by atoms with Gasteiger partial charge in [-0.3, -0.25) is 0 Å². The topological polar surface area (TPSA) is 46.5 Å². The Labute approximate surface area is 80.9 Å². The van der Waals surface area contributed by atoms with Crippen molar-refractivity contribution in [1.29, 1.82) is 0 Å². The average molecular weight is 201 g/mol. The number of methoxy groups -OCH3 is 1. The fourth-order valence-electron chi connectivity index (χ4n) is 0.995. The average Bonchev–Trinajstić information content (AvgIpc) is 2.10. The molecule has 13 heavy (non-hydrogen) atoms. The van der Waals surface area contributed by atoms with Crippen LogP contribution in [0.25, 0.3) is 0 Å². The standard InChI is InChI=1S/C9H9ClO3/c1-13-9-4-6(2-3-11)8(12)5-7(9)10/h3-5,12H,2H2,1H3. The maximum atomic E-state index is 10.2. The molecule has 0 atom stereocenters. The summed E-state index contributed by atoms with van der Waals surface area (Å²) in [5.74, 6) is 0.467. The first-order chi connectivity index (χ1) is 6.19. The first kappa shape index (κ1) is 9.86. The molecule has 3 nitrogen and oxygen atoms in total. The van der Waals surface area contributed by atoms with Gasteiger partial charge in [-0.15, -0.1) is 0 Å². The Morgan fingerprint density at radius 1 is 1.62 bits per heavy atom. The van der Waals surface area contributed by atoms with Crippen LogP contribution in [0.3, 0.4) is 0 Å². The fourth-order valence-corrected chi connectivity index (χ4v) is 1.23. The third-order valence-corrected chi connectivity index (χ3v) is 1.95. The van der Waals surface area contributed by atoms with E-state index in [9.17, 15) is 9.90 Å². The Bertz CT molecular complexity index is 323. The molecule has 0 saturated carbocycles. The van der Waals surface area contributed by atoms with Gasteiger partial charge in [0, 0.05) is 18.1 Å². The van der Waals surface area contributed by atoms with Crippen LogP contribution in [-0.4, -0.2) is 18.5 Å². The van der Waals surface area contributed by atoms with Gasteiger partial charge in [-0.25, -0.2) is 0 Å². The Morgan fingerprint density at radius 3 is 2.85 bits per heavy atom. The largest absolute Gasteiger partial charge is 0.508 e. The summed E-state index contributed by atoms with van der Waals surface area (Å²) in [7, 11) is 1.48. The van der Waals surface area contributed by atoms with Gasteiger partial charge in [0.25, 0.3) is 0 Å². The van der Waals surface area contributed by atoms with Crippen molar-refractivity contribution in [2.75, 3.05) is 7.11 Å². The van der Waals surface area contributed by atoms with Crippen LogP contribution in [-0.2, 0) is 11.2 Å². The van der Waals surface area contributed by atoms with Gasteiger partial charge in [0.2, 0.25) is 0 Å². The highest BCUT2D eigenvalue weighted by molar-refractivity contribution is 6.32. The predicted octanol–water partition coefficient (Wildman–Crippen LogP) is 1.80. The maximum Gasteiger partial charge on any atom is 0.138 e. The summed E-state index contributed by atoms with van der Waals surface area (Å²) in [6, 6.07) is 2.91. The molecule has 0 fully saturated rings. The zero-order valence-electron chi connectivity index (χ0n) is 7.08. The van der Waals surface area contributed by atoms with Gasteiger partial charge in [0.1, 0.15) is 17.8 Å². The minimum absolute atomic E-state index is 0.0119. The lowest BCUT2D eigenvalue weighted by atomic mass is 10.1. The van der Waals surface area contributed by atoms with Gasteiger partial charge in [-0.05, 0) is 6.07 Å². The second-order valence-electron chi connectivity index (χ2n) is 2.49. The SMILES string of the molecule is COc1cc(CC=O)c(O)cc1Cl. The highest BCUT2D eigenvalue weighted by Gasteiger charge is 2.07. The van der Waals surface area contributed by atoms with E-state index in [-0.39, 0.29) is 12.2 Å². The second-order valence-corrected chi connectivity index (χ2v) is 2.89. The molecule has 1 aromatic rings. The number of rotatable bonds is 3. The summed E-state index contributed by atoms with van der Waals surface area (Å²) in [5.41, 5.74) is 0.510. The molecule has 0 saturated heterocycles. The van der Waals surface area contributed by atoms with Gasteiger partial charge in [-0.2, -0.15) is 0 Å². The molecule has 0 bridgehead atoms. The van der Waals surface area contributed by atoms with Crippen molar-refractivity contribution >= 4 is 17.9 Å². The summed E-state index contributed by atoms with van der Waals surface area (Å²) in [5, 5.41) is 9.67. The molecule has 0 aromatic heterocycles. The Hall–Kier alpha value is -1.22. The number of carbonyl (C=O) groups excluding carboxylic acids is 1. The molecule has 0 unspecified atom stereocenters. The Kier molecular flexibility index (Phi) is 3.14. The van der Waals surface area contributed by atoms with Gasteiger partial charge in [0.05, 0.1) is 12.1 Å². The molecule has 0 aliphatic rings. The van der Waals surface area contributed by atoms with E-state index in [0.717, 1.165) is 0 Å². The summed E-state index contributed by atoms with van der Waals surface area (Å²) in [6.07, 6.45) is 0.863. The number of aromatic hydroxyl groups is 1. The first-order valence-corrected chi connectivity index (χ1v) is 4.06. The van der Waals surface area contributed by atoms with E-state index >= 15 is 0 Å². The van der Waals surface area contributed by atoms with Crippen molar-refractivity contribution in [1.82, 2.24) is 0 Å². The van der Waals surface area contributed by atoms with Crippen molar-refractivity contribution in [3.63, 3.8) is 0 Å². The van der Waals surface area contributed by atoms with Crippen LogP contribution in [0.15, 0.2) is 12.1 Å². The van der Waals surface area contributed by atoms with Crippen LogP contribution in [0, 0.1) is 0 Å². The molecular formula is C9H9ClO3. The van der Waals surface area contributed by atoms with E-state index in [0.29, 0.717) is 22.6 Å². The summed E-state index contributed by atoms with van der Waals surface area (Å²) in [6.45, 7) is 0. The lowest BCUT2D eigenvalue weighted by Gasteiger charge is -2.06. The zero-order valence-corrected chi connectivity index (χ0v) is 7.84. The van der Waals surface area contributed by atoms with Gasteiger partial charge >= 0.3 is 0 Å². The van der Waals surface area contributed by atoms with E-state index in [1.807, 2.05) is 0 Å². The normalized spacial score (nSPS) is 9.69. The van der Waals surface area contributed by atoms with Gasteiger partial charge in [-0.1, -0.05) is 11.6 Å². The Morgan fingerprint density at radius 2 is 2.31 bits per heavy atom. The number of hydrogen-bond acceptors (Lipinski definition) is 3. The molecule has 1 rings (SSSR count). The third-order valence-electron chi connectivity index (χ3n) is 1.66. The van der Waals surface area contributed by atoms with Crippen LogP contribution in [0.1, 0.15) is 5.56 Å². The smallest absolute Gasteiger partial charge is 0.138 e. The van der Waals surface area contributed by atoms with Crippen molar-refractivity contribution in [2.24, 2.45) is 0 Å². The number of benzene rings is 1. The fraction of sp³-hybridized carbons (Fsp3) is 0.222. The lowest BCUT2D eigenvalue weighted by molar-refractivity contribution is -0.107. The highest BCUT2D eigenvalue weighted by atomic mass is 35.5. The maximum absolute atomic E-state index is 10.2. The lowest BCUT2D eigenvalue weighted by Crippen LogP contribution is -1.90. The van der Waals surface area contributed by atoms with Crippen LogP contribution in [0.2, 0.25) is 5.02 Å². The summed E-state index contributed by atoms with van der Waals surface area (Å²) < 4.78 is 4.93. The second kappa shape index (κ2) is 4.14. The van der Waals surface area contributed by atoms with Crippen molar-refractivity contribution in [2.45, 2.75) is 6.42 Å². The zero-order chi connectivity index (χ0) is 9.84. The minimum Gasteiger partial charge on any atom is -0.508 e. The molecule has 1 aromatic carbocycles. The van der Waals surface area contributed by atoms with Crippen LogP contribution in [0.5, 0.6) is 11.5 Å². The number of carbonyl (C=O) groups is 1. The molecule has 0 spiro atoms. The molecule has 0 radical (unpaired) electrons. The van der Waals surface area contributed by atoms with Crippen molar-refractivity contribution in [3.05, 3.63) is 22.7 Å². The quantitative estimate of drug-likeness (QED) is 0.757. The van der Waals surface area contributed by atoms with E-state index in [1.165, 1.54) is 13.2 Å². The minimum atomic E-state index is 0.0119. The van der Waals surface area contributed by atoms with E-state index in [2.05, 4.69) is 0 Å². The first-order valence-electron chi connectivity index (χ1n) is 3.68. The number of ether oxygens (including phenoxy) is 1. The van der Waals surface area contributed by atoms with Crippen molar-refractivity contribution < 1.29 is 14.6 Å². The molecule has 70 valence electrons. The van der Waals surface area contributed by atoms with Crippen LogP contribution < -0.4 is 4.74 Å². The number of phenols is 1. The number of hydrogen-bond donors (Lipinski definition) is 1. The third kappa shape index (κ3) is 2.12. The molecule has 0 aliphatic carbocycles. The van der Waals surface area contributed by atoms with E-state index < -0.39 is 0 Å². The number of halogens is 1. The van der Waals surface area contributed by atoms with Crippen molar-refractivity contribution in [3.8, 4) is 11.5 Å². The van der Waals surface area contributed by atoms with Crippen LogP contribution >= 0.6 is 11.6 Å². The molecule has 0 aliphatic heterocycles. The van der Waals surface area contributed by atoms with Gasteiger partial charge < -0.3 is 14.6 Å². The molecule has 0 heterocycles. The highest BCUT2D eigenvalue weighted by Crippen LogP contribution is 2.31. The molecule has 1 N–H and O–H groups in total. The van der Waals surface area contributed by atoms with Crippen LogP contribution in [0.4, 0.5) is 0 Å². The molecular weight excluding hydrogens is 192 g/mol. The van der Waals surface area contributed by atoms with E-state index in [1.54, 1.807) is 6.07 Å². The summed E-state index contributed by atoms with van der Waals surface area (Å²) in [4.78, 5) is 10.2. The Balaban J connectivity index is 3.13. The monoisotopic (exact) mass is 200 g/mol. The molecule has 4 heteroatoms. The summed E-state index contributed by atoms with van der Waals surface area (Å²) >= 11 is 5.73. The molecule has 0 amide bonds. The van der Waals surface area contributed by atoms with Gasteiger partial charge in [0.15, 0.2) is 0 Å². The predicted molar refractivity (Wildman–Crippen MR) is 49.4 cm³/mol. The number of phenolic OH excluding ortho intramolecular Hbond substituents is 1.